The zero-order chi connectivity index (χ0) is 27.5. The number of amides is 6. The average Bonchev–Trinajstić information content (AvgIpc) is 3.18. The van der Waals surface area contributed by atoms with E-state index in [1.807, 2.05) is 0 Å². The summed E-state index contributed by atoms with van der Waals surface area (Å²) < 4.78 is 0. The SMILES string of the molecule is O=C(O)CCCCCSCNC(=O)CNC(=O)CNC(=O)CNC(=O)CCCCCN1C(=O)C=CC1=O. The third kappa shape index (κ3) is 16.0. The Bertz CT molecular complexity index is 846. The van der Waals surface area contributed by atoms with Crippen LogP contribution in [0.25, 0.3) is 0 Å². The second-order valence-corrected chi connectivity index (χ2v) is 9.26. The molecule has 0 saturated carbocycles. The number of hydrogen-bond donors (Lipinski definition) is 5. The summed E-state index contributed by atoms with van der Waals surface area (Å²) in [5, 5.41) is 18.4. The number of nitrogens with zero attached hydrogens (tertiary/aromatic N) is 1. The Kier molecular flexibility index (Phi) is 16.1. The van der Waals surface area contributed by atoms with Crippen molar-refractivity contribution in [2.45, 2.75) is 51.4 Å². The van der Waals surface area contributed by atoms with E-state index >= 15 is 0 Å². The summed E-state index contributed by atoms with van der Waals surface area (Å²) in [6.45, 7) is -0.561. The van der Waals surface area contributed by atoms with Crippen molar-refractivity contribution in [3.05, 3.63) is 12.2 Å². The number of aliphatic carboxylic acids is 1. The van der Waals surface area contributed by atoms with Crippen LogP contribution in [0, 0.1) is 0 Å². The van der Waals surface area contributed by atoms with Gasteiger partial charge in [0.05, 0.1) is 25.5 Å². The first kappa shape index (κ1) is 31.6. The molecule has 13 nitrogen and oxygen atoms in total. The highest BCUT2D eigenvalue weighted by Crippen LogP contribution is 2.08. The number of carboxylic acid groups (broad SMARTS) is 1. The summed E-state index contributed by atoms with van der Waals surface area (Å²) in [6.07, 6.45) is 6.83. The molecule has 206 valence electrons. The highest BCUT2D eigenvalue weighted by molar-refractivity contribution is 7.99. The van der Waals surface area contributed by atoms with Gasteiger partial charge in [-0.1, -0.05) is 12.8 Å². The topological polar surface area (TPSA) is 191 Å². The fourth-order valence-corrected chi connectivity index (χ4v) is 3.87. The number of hydrogen-bond acceptors (Lipinski definition) is 8. The van der Waals surface area contributed by atoms with E-state index < -0.39 is 17.8 Å². The molecule has 1 aliphatic rings. The monoisotopic (exact) mass is 541 g/mol. The summed E-state index contributed by atoms with van der Waals surface area (Å²) >= 11 is 1.50. The molecule has 0 unspecified atom stereocenters. The second kappa shape index (κ2) is 18.8. The summed E-state index contributed by atoms with van der Waals surface area (Å²) in [5.41, 5.74) is 0. The van der Waals surface area contributed by atoms with Gasteiger partial charge in [-0.05, 0) is 31.4 Å². The fraction of sp³-hybridized carbons (Fsp3) is 0.609. The lowest BCUT2D eigenvalue weighted by Gasteiger charge is -2.13. The Morgan fingerprint density at radius 3 is 1.78 bits per heavy atom. The summed E-state index contributed by atoms with van der Waals surface area (Å²) in [5.74, 6) is -2.11. The quantitative estimate of drug-likeness (QED) is 0.0751. The van der Waals surface area contributed by atoms with Gasteiger partial charge in [-0.15, -0.1) is 11.8 Å². The van der Waals surface area contributed by atoms with Gasteiger partial charge < -0.3 is 26.4 Å². The lowest BCUT2D eigenvalue weighted by atomic mass is 10.2. The van der Waals surface area contributed by atoms with Crippen molar-refractivity contribution in [2.75, 3.05) is 37.8 Å². The number of rotatable bonds is 20. The van der Waals surface area contributed by atoms with Crippen LogP contribution < -0.4 is 21.3 Å². The maximum Gasteiger partial charge on any atom is 0.303 e. The van der Waals surface area contributed by atoms with Crippen LogP contribution in [-0.4, -0.2) is 89.2 Å². The van der Waals surface area contributed by atoms with Gasteiger partial charge in [-0.2, -0.15) is 0 Å². The van der Waals surface area contributed by atoms with E-state index in [1.165, 1.54) is 23.9 Å². The molecule has 0 aliphatic carbocycles. The lowest BCUT2D eigenvalue weighted by molar-refractivity contribution is -0.138. The number of imide groups is 1. The van der Waals surface area contributed by atoms with E-state index in [-0.39, 0.29) is 56.1 Å². The van der Waals surface area contributed by atoms with E-state index in [0.717, 1.165) is 23.5 Å². The van der Waals surface area contributed by atoms with Crippen molar-refractivity contribution in [3.63, 3.8) is 0 Å². The Balaban J connectivity index is 1.97. The Labute approximate surface area is 219 Å². The number of carboxylic acids is 1. The van der Waals surface area contributed by atoms with Crippen molar-refractivity contribution in [2.24, 2.45) is 0 Å². The molecule has 0 saturated heterocycles. The molecule has 0 bridgehead atoms. The van der Waals surface area contributed by atoms with Gasteiger partial charge in [0.1, 0.15) is 0 Å². The van der Waals surface area contributed by atoms with Crippen LogP contribution >= 0.6 is 11.8 Å². The van der Waals surface area contributed by atoms with Gasteiger partial charge in [0.25, 0.3) is 11.8 Å². The second-order valence-electron chi connectivity index (χ2n) is 8.16. The molecule has 0 atom stereocenters. The molecule has 14 heteroatoms. The Morgan fingerprint density at radius 1 is 0.676 bits per heavy atom. The first-order valence-electron chi connectivity index (χ1n) is 12.1. The third-order valence-corrected chi connectivity index (χ3v) is 6.00. The molecule has 0 fully saturated rings. The molecular weight excluding hydrogens is 506 g/mol. The molecule has 0 spiro atoms. The van der Waals surface area contributed by atoms with E-state index in [9.17, 15) is 33.6 Å². The van der Waals surface area contributed by atoms with Crippen molar-refractivity contribution >= 4 is 53.2 Å². The van der Waals surface area contributed by atoms with Crippen LogP contribution in [0.2, 0.25) is 0 Å². The zero-order valence-electron chi connectivity index (χ0n) is 20.7. The molecule has 0 aromatic heterocycles. The Hall–Kier alpha value is -3.42. The van der Waals surface area contributed by atoms with Gasteiger partial charge in [-0.3, -0.25) is 38.5 Å². The van der Waals surface area contributed by atoms with Crippen LogP contribution in [0.5, 0.6) is 0 Å². The average molecular weight is 542 g/mol. The van der Waals surface area contributed by atoms with Gasteiger partial charge in [0, 0.05) is 31.5 Å². The highest BCUT2D eigenvalue weighted by atomic mass is 32.2. The van der Waals surface area contributed by atoms with Gasteiger partial charge in [0.2, 0.25) is 23.6 Å². The zero-order valence-corrected chi connectivity index (χ0v) is 21.5. The number of unbranched alkanes of at least 4 members (excludes halogenated alkanes) is 4. The van der Waals surface area contributed by atoms with Gasteiger partial charge in [0.15, 0.2) is 0 Å². The summed E-state index contributed by atoms with van der Waals surface area (Å²) in [6, 6.07) is 0. The molecule has 1 rings (SSSR count). The maximum atomic E-state index is 11.8. The van der Waals surface area contributed by atoms with E-state index in [1.54, 1.807) is 0 Å². The molecule has 1 heterocycles. The largest absolute Gasteiger partial charge is 0.481 e. The van der Waals surface area contributed by atoms with Crippen molar-refractivity contribution < 1.29 is 38.7 Å². The predicted molar refractivity (Wildman–Crippen MR) is 135 cm³/mol. The highest BCUT2D eigenvalue weighted by Gasteiger charge is 2.22. The minimum atomic E-state index is -0.806. The molecule has 0 radical (unpaired) electrons. The first-order valence-corrected chi connectivity index (χ1v) is 13.2. The Morgan fingerprint density at radius 2 is 1.19 bits per heavy atom. The van der Waals surface area contributed by atoms with Crippen molar-refractivity contribution in [1.29, 1.82) is 0 Å². The van der Waals surface area contributed by atoms with E-state index in [2.05, 4.69) is 21.3 Å². The van der Waals surface area contributed by atoms with Crippen LogP contribution in [-0.2, 0) is 33.6 Å². The maximum absolute atomic E-state index is 11.8. The van der Waals surface area contributed by atoms with Crippen LogP contribution in [0.1, 0.15) is 51.4 Å². The normalized spacial score (nSPS) is 12.4. The van der Waals surface area contributed by atoms with Crippen LogP contribution in [0.4, 0.5) is 0 Å². The lowest BCUT2D eigenvalue weighted by Crippen LogP contribution is -2.44. The molecule has 37 heavy (non-hydrogen) atoms. The van der Waals surface area contributed by atoms with Gasteiger partial charge in [-0.25, -0.2) is 0 Å². The summed E-state index contributed by atoms with van der Waals surface area (Å²) in [4.78, 5) is 81.5. The number of carbonyl (C=O) groups is 7. The van der Waals surface area contributed by atoms with Crippen molar-refractivity contribution in [3.8, 4) is 0 Å². The van der Waals surface area contributed by atoms with Crippen LogP contribution in [0.3, 0.4) is 0 Å². The number of nitrogens with one attached hydrogen (secondary N) is 4. The van der Waals surface area contributed by atoms with E-state index in [4.69, 9.17) is 5.11 Å². The smallest absolute Gasteiger partial charge is 0.303 e. The minimum absolute atomic E-state index is 0.158. The molecule has 0 aromatic carbocycles. The molecule has 0 aromatic rings. The minimum Gasteiger partial charge on any atom is -0.481 e. The molecule has 5 N–H and O–H groups in total. The summed E-state index contributed by atoms with van der Waals surface area (Å²) in [7, 11) is 0. The first-order chi connectivity index (χ1) is 17.7. The number of carbonyl (C=O) groups excluding carboxylic acids is 6. The molecule has 1 aliphatic heterocycles. The molecule has 6 amide bonds. The van der Waals surface area contributed by atoms with E-state index in [0.29, 0.717) is 38.1 Å². The molecular formula is C23H35N5O8S. The fourth-order valence-electron chi connectivity index (χ4n) is 3.06. The number of thioether (sulfide) groups is 1. The standard InChI is InChI=1S/C23H35N5O8S/c29-17(7-3-1-5-11-28-21(33)9-10-22(28)34)24-13-18(30)25-14-19(31)26-15-20(32)27-16-37-12-6-2-4-8-23(35)36/h9-10H,1-8,11-16H2,(H,24,29)(H,25,30)(H,26,31)(H,27,32)(H,35,36). The van der Waals surface area contributed by atoms with Gasteiger partial charge >= 0.3 is 5.97 Å². The predicted octanol–water partition coefficient (Wildman–Crippen LogP) is -0.728. The van der Waals surface area contributed by atoms with Crippen LogP contribution in [0.15, 0.2) is 12.2 Å². The van der Waals surface area contributed by atoms with Crippen molar-refractivity contribution in [1.82, 2.24) is 26.2 Å². The third-order valence-electron chi connectivity index (χ3n) is 5.08.